The molecule has 0 saturated heterocycles. The van der Waals surface area contributed by atoms with Gasteiger partial charge in [-0.25, -0.2) is 9.69 Å². The first-order chi connectivity index (χ1) is 11.6. The van der Waals surface area contributed by atoms with Gasteiger partial charge < -0.3 is 14.8 Å². The Labute approximate surface area is 141 Å². The van der Waals surface area contributed by atoms with Crippen LogP contribution in [0.1, 0.15) is 5.56 Å². The zero-order chi connectivity index (χ0) is 17.1. The molecule has 7 nitrogen and oxygen atoms in total. The van der Waals surface area contributed by atoms with E-state index >= 15 is 0 Å². The van der Waals surface area contributed by atoms with Gasteiger partial charge in [-0.2, -0.15) is 5.26 Å². The Morgan fingerprint density at radius 2 is 2.04 bits per heavy atom. The van der Waals surface area contributed by atoms with Gasteiger partial charge in [-0.1, -0.05) is 17.7 Å². The van der Waals surface area contributed by atoms with Crippen LogP contribution < -0.4 is 19.7 Å². The summed E-state index contributed by atoms with van der Waals surface area (Å²) in [4.78, 5) is 24.5. The normalized spacial score (nSPS) is 11.5. The molecule has 3 rings (SSSR count). The van der Waals surface area contributed by atoms with Crippen molar-refractivity contribution in [1.29, 1.82) is 5.26 Å². The van der Waals surface area contributed by atoms with Crippen LogP contribution in [0.3, 0.4) is 0 Å². The number of nitrogens with one attached hydrogen (secondary N) is 1. The summed E-state index contributed by atoms with van der Waals surface area (Å²) in [5.41, 5.74) is 0.862. The summed E-state index contributed by atoms with van der Waals surface area (Å²) < 4.78 is 10.4. The fraction of sp³-hybridized carbons (Fsp3) is 0.0625. The highest BCUT2D eigenvalue weighted by Crippen LogP contribution is 2.39. The SMILES string of the molecule is N#Cc1cccc(N(C=O)C(=O)Nc2cc3c(cc2Cl)OCO3)c1. The van der Waals surface area contributed by atoms with Crippen LogP contribution in [-0.4, -0.2) is 19.2 Å². The predicted molar refractivity (Wildman–Crippen MR) is 86.3 cm³/mol. The Morgan fingerprint density at radius 3 is 2.75 bits per heavy atom. The van der Waals surface area contributed by atoms with Gasteiger partial charge in [0.2, 0.25) is 13.2 Å². The maximum Gasteiger partial charge on any atom is 0.333 e. The number of imide groups is 1. The summed E-state index contributed by atoms with van der Waals surface area (Å²) in [5, 5.41) is 11.7. The third kappa shape index (κ3) is 2.95. The van der Waals surface area contributed by atoms with Crippen LogP contribution in [0.4, 0.5) is 16.2 Å². The van der Waals surface area contributed by atoms with Crippen LogP contribution in [0.15, 0.2) is 36.4 Å². The average Bonchev–Trinajstić information content (AvgIpc) is 3.03. The number of anilines is 2. The van der Waals surface area contributed by atoms with Gasteiger partial charge in [-0.3, -0.25) is 4.79 Å². The maximum atomic E-state index is 12.4. The molecule has 24 heavy (non-hydrogen) atoms. The van der Waals surface area contributed by atoms with Crippen LogP contribution >= 0.6 is 11.6 Å². The third-order valence-electron chi connectivity index (χ3n) is 3.28. The number of urea groups is 1. The second-order valence-electron chi connectivity index (χ2n) is 4.75. The molecule has 0 aliphatic carbocycles. The van der Waals surface area contributed by atoms with Gasteiger partial charge in [0, 0.05) is 12.1 Å². The fourth-order valence-electron chi connectivity index (χ4n) is 2.14. The van der Waals surface area contributed by atoms with E-state index in [1.165, 1.54) is 24.3 Å². The Bertz CT molecular complexity index is 863. The van der Waals surface area contributed by atoms with Gasteiger partial charge in [0.25, 0.3) is 0 Å². The molecule has 0 radical (unpaired) electrons. The van der Waals surface area contributed by atoms with Crippen molar-refractivity contribution < 1.29 is 19.1 Å². The standard InChI is InChI=1S/C16H10ClN3O4/c17-12-5-14-15(24-9-23-14)6-13(12)19-16(22)20(8-21)11-3-1-2-10(4-11)7-18/h1-6,8H,9H2,(H,19,22). The number of benzene rings is 2. The molecule has 1 heterocycles. The Hall–Kier alpha value is -3.24. The lowest BCUT2D eigenvalue weighted by Gasteiger charge is -2.17. The lowest BCUT2D eigenvalue weighted by Crippen LogP contribution is -2.33. The van der Waals surface area contributed by atoms with E-state index in [4.69, 9.17) is 26.3 Å². The van der Waals surface area contributed by atoms with Crippen LogP contribution in [0.2, 0.25) is 5.02 Å². The average molecular weight is 344 g/mol. The predicted octanol–water partition coefficient (Wildman–Crippen LogP) is 3.14. The minimum absolute atomic E-state index is 0.0739. The summed E-state index contributed by atoms with van der Waals surface area (Å²) in [6, 6.07) is 10.4. The molecule has 8 heteroatoms. The molecular weight excluding hydrogens is 334 g/mol. The number of fused-ring (bicyclic) bond motifs is 1. The zero-order valence-electron chi connectivity index (χ0n) is 12.2. The van der Waals surface area contributed by atoms with Gasteiger partial charge >= 0.3 is 6.03 Å². The highest BCUT2D eigenvalue weighted by molar-refractivity contribution is 6.34. The molecule has 0 aromatic heterocycles. The van der Waals surface area contributed by atoms with Crippen molar-refractivity contribution in [3.63, 3.8) is 0 Å². The molecular formula is C16H10ClN3O4. The number of halogens is 1. The minimum Gasteiger partial charge on any atom is -0.454 e. The Balaban J connectivity index is 1.85. The van der Waals surface area contributed by atoms with E-state index in [0.717, 1.165) is 4.90 Å². The highest BCUT2D eigenvalue weighted by Gasteiger charge is 2.20. The number of amides is 3. The molecule has 0 fully saturated rings. The smallest absolute Gasteiger partial charge is 0.333 e. The van der Waals surface area contributed by atoms with Crippen LogP contribution in [0.25, 0.3) is 0 Å². The zero-order valence-corrected chi connectivity index (χ0v) is 12.9. The summed E-state index contributed by atoms with van der Waals surface area (Å²) in [5.74, 6) is 0.922. The number of carbonyl (C=O) groups is 2. The number of nitrogens with zero attached hydrogens (tertiary/aromatic N) is 2. The minimum atomic E-state index is -0.721. The summed E-state index contributed by atoms with van der Waals surface area (Å²) in [6.07, 6.45) is 0.354. The largest absolute Gasteiger partial charge is 0.454 e. The van der Waals surface area contributed by atoms with Crippen molar-refractivity contribution in [3.05, 3.63) is 47.0 Å². The molecule has 0 bridgehead atoms. The number of hydrogen-bond donors (Lipinski definition) is 1. The number of hydrogen-bond acceptors (Lipinski definition) is 5. The summed E-state index contributed by atoms with van der Waals surface area (Å²) >= 11 is 6.09. The summed E-state index contributed by atoms with van der Waals surface area (Å²) in [7, 11) is 0. The van der Waals surface area contributed by atoms with Crippen LogP contribution in [-0.2, 0) is 4.79 Å². The van der Waals surface area contributed by atoms with Crippen molar-refractivity contribution in [2.45, 2.75) is 0 Å². The first kappa shape index (κ1) is 15.6. The van der Waals surface area contributed by atoms with Crippen molar-refractivity contribution in [2.24, 2.45) is 0 Å². The number of rotatable bonds is 3. The third-order valence-corrected chi connectivity index (χ3v) is 3.59. The molecule has 120 valence electrons. The van der Waals surface area contributed by atoms with Crippen LogP contribution in [0, 0.1) is 11.3 Å². The Morgan fingerprint density at radius 1 is 1.29 bits per heavy atom. The highest BCUT2D eigenvalue weighted by atomic mass is 35.5. The first-order valence-electron chi connectivity index (χ1n) is 6.77. The van der Waals surface area contributed by atoms with Crippen molar-refractivity contribution >= 4 is 35.4 Å². The quantitative estimate of drug-likeness (QED) is 0.864. The molecule has 0 unspecified atom stereocenters. The number of carbonyl (C=O) groups excluding carboxylic acids is 2. The van der Waals surface area contributed by atoms with E-state index in [1.807, 2.05) is 6.07 Å². The lowest BCUT2D eigenvalue weighted by atomic mass is 10.2. The van der Waals surface area contributed by atoms with Crippen LogP contribution in [0.5, 0.6) is 11.5 Å². The van der Waals surface area contributed by atoms with E-state index in [-0.39, 0.29) is 23.2 Å². The fourth-order valence-corrected chi connectivity index (χ4v) is 2.34. The van der Waals surface area contributed by atoms with Crippen molar-refractivity contribution in [2.75, 3.05) is 17.0 Å². The van der Waals surface area contributed by atoms with Gasteiger partial charge in [0.05, 0.1) is 28.0 Å². The molecule has 3 amide bonds. The van der Waals surface area contributed by atoms with E-state index in [9.17, 15) is 9.59 Å². The van der Waals surface area contributed by atoms with Gasteiger partial charge in [-0.15, -0.1) is 0 Å². The molecule has 0 saturated carbocycles. The first-order valence-corrected chi connectivity index (χ1v) is 7.15. The van der Waals surface area contributed by atoms with Gasteiger partial charge in [-0.05, 0) is 18.2 Å². The van der Waals surface area contributed by atoms with E-state index < -0.39 is 6.03 Å². The molecule has 0 spiro atoms. The van der Waals surface area contributed by atoms with Crippen molar-refractivity contribution in [1.82, 2.24) is 0 Å². The molecule has 2 aromatic carbocycles. The monoisotopic (exact) mass is 343 g/mol. The van der Waals surface area contributed by atoms with Gasteiger partial charge in [0.15, 0.2) is 11.5 Å². The molecule has 1 aliphatic rings. The maximum absolute atomic E-state index is 12.4. The lowest BCUT2D eigenvalue weighted by molar-refractivity contribution is -0.106. The van der Waals surface area contributed by atoms with E-state index in [1.54, 1.807) is 12.1 Å². The summed E-state index contributed by atoms with van der Waals surface area (Å²) in [6.45, 7) is 0.0739. The second kappa shape index (κ2) is 6.48. The molecule has 1 N–H and O–H groups in total. The molecule has 0 atom stereocenters. The van der Waals surface area contributed by atoms with E-state index in [0.29, 0.717) is 23.5 Å². The number of ether oxygens (including phenoxy) is 2. The topological polar surface area (TPSA) is 91.7 Å². The second-order valence-corrected chi connectivity index (χ2v) is 5.16. The number of nitriles is 1. The van der Waals surface area contributed by atoms with Crippen molar-refractivity contribution in [3.8, 4) is 17.6 Å². The van der Waals surface area contributed by atoms with Gasteiger partial charge in [0.1, 0.15) is 0 Å². The molecule has 2 aromatic rings. The molecule has 1 aliphatic heterocycles. The Kier molecular flexibility index (Phi) is 4.22. The van der Waals surface area contributed by atoms with E-state index in [2.05, 4.69) is 5.32 Å².